The van der Waals surface area contributed by atoms with E-state index in [1.807, 2.05) is 20.0 Å². The van der Waals surface area contributed by atoms with Crippen LogP contribution >= 0.6 is 0 Å². The van der Waals surface area contributed by atoms with Crippen molar-refractivity contribution in [3.8, 4) is 0 Å². The molecule has 2 atom stereocenters. The number of hydrogen-bond donors (Lipinski definition) is 0. The SMILES string of the molecule is Cc1nc2cnc([C@@H]3CCO[C@@H](c4cnn(C5CC5)c4)C3)nc2nc1C.FC(F)(F)C1CCC1. The molecule has 4 heterocycles. The van der Waals surface area contributed by atoms with Crippen molar-refractivity contribution in [2.75, 3.05) is 6.61 Å². The Balaban J connectivity index is 0.000000257. The van der Waals surface area contributed by atoms with Gasteiger partial charge in [0.05, 0.1) is 41.8 Å². The van der Waals surface area contributed by atoms with Crippen LogP contribution in [0.5, 0.6) is 0 Å². The first-order chi connectivity index (χ1) is 16.3. The first-order valence-electron chi connectivity index (χ1n) is 12.0. The molecule has 10 heteroatoms. The lowest BCUT2D eigenvalue weighted by Gasteiger charge is -2.28. The summed E-state index contributed by atoms with van der Waals surface area (Å²) in [6.45, 7) is 4.63. The first-order valence-corrected chi connectivity index (χ1v) is 12.0. The van der Waals surface area contributed by atoms with Crippen molar-refractivity contribution in [3.05, 3.63) is 41.4 Å². The Morgan fingerprint density at radius 3 is 2.38 bits per heavy atom. The van der Waals surface area contributed by atoms with E-state index in [2.05, 4.69) is 30.9 Å². The predicted octanol–water partition coefficient (Wildman–Crippen LogP) is 5.55. The number of ether oxygens (including phenoxy) is 1. The normalized spacial score (nSPS) is 23.3. The highest BCUT2D eigenvalue weighted by Gasteiger charge is 2.42. The number of rotatable bonds is 3. The van der Waals surface area contributed by atoms with E-state index in [0.29, 0.717) is 31.1 Å². The fraction of sp³-hybridized carbons (Fsp3) is 0.625. The molecule has 0 aromatic carbocycles. The summed E-state index contributed by atoms with van der Waals surface area (Å²) in [5, 5.41) is 4.50. The largest absolute Gasteiger partial charge is 0.391 e. The lowest BCUT2D eigenvalue weighted by atomic mass is 9.85. The summed E-state index contributed by atoms with van der Waals surface area (Å²) in [6, 6.07) is 0.595. The summed E-state index contributed by atoms with van der Waals surface area (Å²) in [4.78, 5) is 18.4. The Morgan fingerprint density at radius 2 is 1.74 bits per heavy atom. The van der Waals surface area contributed by atoms with Crippen molar-refractivity contribution in [1.29, 1.82) is 0 Å². The van der Waals surface area contributed by atoms with Crippen LogP contribution in [-0.2, 0) is 4.74 Å². The monoisotopic (exact) mass is 474 g/mol. The molecule has 3 aromatic heterocycles. The van der Waals surface area contributed by atoms with Crippen LogP contribution in [0.15, 0.2) is 18.6 Å². The summed E-state index contributed by atoms with van der Waals surface area (Å²) in [5.41, 5.74) is 4.44. The highest BCUT2D eigenvalue weighted by atomic mass is 19.4. The molecule has 34 heavy (non-hydrogen) atoms. The van der Waals surface area contributed by atoms with E-state index < -0.39 is 12.1 Å². The molecule has 3 aliphatic rings. The van der Waals surface area contributed by atoms with Gasteiger partial charge in [-0.3, -0.25) is 4.68 Å². The van der Waals surface area contributed by atoms with Crippen molar-refractivity contribution in [3.63, 3.8) is 0 Å². The zero-order valence-electron chi connectivity index (χ0n) is 19.4. The van der Waals surface area contributed by atoms with Crippen LogP contribution in [0, 0.1) is 19.8 Å². The Labute approximate surface area is 196 Å². The van der Waals surface area contributed by atoms with Gasteiger partial charge >= 0.3 is 6.18 Å². The third-order valence-corrected chi connectivity index (χ3v) is 6.99. The van der Waals surface area contributed by atoms with E-state index in [1.54, 1.807) is 6.20 Å². The second kappa shape index (κ2) is 9.20. The van der Waals surface area contributed by atoms with Gasteiger partial charge in [-0.2, -0.15) is 18.3 Å². The van der Waals surface area contributed by atoms with E-state index >= 15 is 0 Å². The zero-order chi connectivity index (χ0) is 23.9. The maximum atomic E-state index is 11.5. The maximum absolute atomic E-state index is 11.5. The van der Waals surface area contributed by atoms with E-state index in [-0.39, 0.29) is 12.0 Å². The topological polar surface area (TPSA) is 78.6 Å². The summed E-state index contributed by atoms with van der Waals surface area (Å²) < 4.78 is 42.6. The van der Waals surface area contributed by atoms with Gasteiger partial charge in [0.25, 0.3) is 0 Å². The zero-order valence-corrected chi connectivity index (χ0v) is 19.4. The molecule has 6 rings (SSSR count). The van der Waals surface area contributed by atoms with Crippen LogP contribution in [0.3, 0.4) is 0 Å². The molecule has 0 bridgehead atoms. The van der Waals surface area contributed by atoms with Crippen LogP contribution in [0.2, 0.25) is 0 Å². The summed E-state index contributed by atoms with van der Waals surface area (Å²) >= 11 is 0. The lowest BCUT2D eigenvalue weighted by Crippen LogP contribution is -2.28. The highest BCUT2D eigenvalue weighted by Crippen LogP contribution is 2.40. The van der Waals surface area contributed by atoms with E-state index in [0.717, 1.165) is 47.6 Å². The Kier molecular flexibility index (Phi) is 6.26. The molecular formula is C24H29F3N6O. The predicted molar refractivity (Wildman–Crippen MR) is 119 cm³/mol. The fourth-order valence-corrected chi connectivity index (χ4v) is 4.30. The number of hydrogen-bond acceptors (Lipinski definition) is 6. The number of nitrogens with zero attached hydrogens (tertiary/aromatic N) is 6. The van der Waals surface area contributed by atoms with E-state index in [1.165, 1.54) is 12.8 Å². The molecule has 1 aliphatic heterocycles. The highest BCUT2D eigenvalue weighted by molar-refractivity contribution is 5.68. The Hall–Kier alpha value is -2.62. The number of halogens is 3. The molecule has 0 unspecified atom stereocenters. The molecule has 3 fully saturated rings. The fourth-order valence-electron chi connectivity index (χ4n) is 4.30. The minimum absolute atomic E-state index is 0.0615. The first kappa shape index (κ1) is 23.1. The number of alkyl halides is 3. The minimum Gasteiger partial charge on any atom is -0.373 e. The van der Waals surface area contributed by atoms with Gasteiger partial charge in [0.1, 0.15) is 11.3 Å². The van der Waals surface area contributed by atoms with Gasteiger partial charge in [-0.25, -0.2) is 19.9 Å². The third-order valence-electron chi connectivity index (χ3n) is 6.99. The number of fused-ring (bicyclic) bond motifs is 1. The van der Waals surface area contributed by atoms with Crippen LogP contribution in [0.4, 0.5) is 13.2 Å². The third kappa shape index (κ3) is 5.06. The summed E-state index contributed by atoms with van der Waals surface area (Å²) in [6.07, 6.45) is 7.78. The quantitative estimate of drug-likeness (QED) is 0.495. The molecule has 182 valence electrons. The van der Waals surface area contributed by atoms with E-state index in [4.69, 9.17) is 9.72 Å². The molecule has 0 N–H and O–H groups in total. The van der Waals surface area contributed by atoms with Crippen molar-refractivity contribution in [2.24, 2.45) is 5.92 Å². The standard InChI is InChI=1S/C19H22N6O.C5H7F3/c1-11-12(2)23-19-16(22-11)9-20-18(24-19)13-5-6-26-17(7-13)14-8-21-25(10-14)15-3-4-15;6-5(7,8)4-2-1-3-4/h8-10,13,15,17H,3-7H2,1-2H3;4H,1-3H2/t13-,17-;/m1./s1. The van der Waals surface area contributed by atoms with Gasteiger partial charge < -0.3 is 4.74 Å². The molecule has 0 amide bonds. The second-order valence-electron chi connectivity index (χ2n) is 9.57. The van der Waals surface area contributed by atoms with Crippen LogP contribution in [0.1, 0.15) is 85.8 Å². The Bertz CT molecular complexity index is 1160. The van der Waals surface area contributed by atoms with Crippen molar-refractivity contribution >= 4 is 11.2 Å². The van der Waals surface area contributed by atoms with Crippen molar-refractivity contribution in [2.45, 2.75) is 83.0 Å². The molecule has 0 spiro atoms. The summed E-state index contributed by atoms with van der Waals surface area (Å²) in [5.74, 6) is 0.145. The maximum Gasteiger partial charge on any atom is 0.391 e. The van der Waals surface area contributed by atoms with Gasteiger partial charge in [-0.05, 0) is 52.4 Å². The smallest absolute Gasteiger partial charge is 0.373 e. The molecule has 2 saturated carbocycles. The number of aryl methyl sites for hydroxylation is 2. The Morgan fingerprint density at radius 1 is 0.971 bits per heavy atom. The molecule has 3 aromatic rings. The average molecular weight is 475 g/mol. The molecule has 7 nitrogen and oxygen atoms in total. The van der Waals surface area contributed by atoms with Gasteiger partial charge in [0.15, 0.2) is 5.65 Å². The molecule has 2 aliphatic carbocycles. The molecule has 1 saturated heterocycles. The van der Waals surface area contributed by atoms with E-state index in [9.17, 15) is 13.2 Å². The van der Waals surface area contributed by atoms with Crippen LogP contribution in [-0.4, -0.2) is 42.5 Å². The van der Waals surface area contributed by atoms with Crippen molar-refractivity contribution < 1.29 is 17.9 Å². The second-order valence-corrected chi connectivity index (χ2v) is 9.57. The minimum atomic E-state index is -3.90. The van der Waals surface area contributed by atoms with Gasteiger partial charge in [-0.1, -0.05) is 6.42 Å². The average Bonchev–Trinajstić information content (AvgIpc) is 3.49. The van der Waals surface area contributed by atoms with Gasteiger partial charge in [-0.15, -0.1) is 0 Å². The number of aromatic nitrogens is 6. The van der Waals surface area contributed by atoms with Gasteiger partial charge in [0, 0.05) is 24.3 Å². The van der Waals surface area contributed by atoms with Crippen LogP contribution in [0.25, 0.3) is 11.2 Å². The van der Waals surface area contributed by atoms with Crippen LogP contribution < -0.4 is 0 Å². The summed E-state index contributed by atoms with van der Waals surface area (Å²) in [7, 11) is 0. The molecule has 0 radical (unpaired) electrons. The molecular weight excluding hydrogens is 445 g/mol. The lowest BCUT2D eigenvalue weighted by molar-refractivity contribution is -0.193. The van der Waals surface area contributed by atoms with Crippen molar-refractivity contribution in [1.82, 2.24) is 29.7 Å². The van der Waals surface area contributed by atoms with Gasteiger partial charge in [0.2, 0.25) is 0 Å².